The summed E-state index contributed by atoms with van der Waals surface area (Å²) < 4.78 is 14.9. The van der Waals surface area contributed by atoms with Crippen LogP contribution in [-0.2, 0) is 6.42 Å². The van der Waals surface area contributed by atoms with E-state index in [1.807, 2.05) is 44.2 Å². The summed E-state index contributed by atoms with van der Waals surface area (Å²) in [4.78, 5) is 33.0. The number of hydrogen-bond acceptors (Lipinski definition) is 4. The Kier molecular flexibility index (Phi) is 7.10. The molecule has 0 radical (unpaired) electrons. The Morgan fingerprint density at radius 2 is 1.88 bits per heavy atom. The molecule has 0 aliphatic carbocycles. The zero-order chi connectivity index (χ0) is 24.2. The van der Waals surface area contributed by atoms with Crippen LogP contribution in [0.4, 0.5) is 4.39 Å². The van der Waals surface area contributed by atoms with Gasteiger partial charge in [-0.2, -0.15) is 4.98 Å². The predicted octanol–water partition coefficient (Wildman–Crippen LogP) is 4.67. The lowest BCUT2D eigenvalue weighted by molar-refractivity contribution is 0.0783. The van der Waals surface area contributed by atoms with Gasteiger partial charge in [-0.05, 0) is 43.0 Å². The van der Waals surface area contributed by atoms with E-state index in [0.717, 1.165) is 30.4 Å². The van der Waals surface area contributed by atoms with Gasteiger partial charge in [0.05, 0.1) is 6.04 Å². The van der Waals surface area contributed by atoms with Gasteiger partial charge in [0.1, 0.15) is 11.6 Å². The topological polar surface area (TPSA) is 75.4 Å². The standard InChI is InChI=1S/C27H30FN3O3/c1-3-4-10-23-29-25(32)24(27(34)31(23)18(2)19-11-13-22(28)14-12-19)26(33)30-16-15-21(17-30)20-8-6-5-7-9-20/h5-9,11-14,18,21,32H,3-4,10,15-17H2,1-2H3/t18-,21+/m0/s1. The molecule has 0 bridgehead atoms. The number of likely N-dealkylation sites (tertiary alicyclic amines) is 1. The molecule has 3 aromatic rings. The number of unbranched alkanes of at least 4 members (excludes halogenated alkanes) is 1. The number of amides is 1. The van der Waals surface area contributed by atoms with Crippen molar-refractivity contribution in [3.05, 3.63) is 93.3 Å². The SMILES string of the molecule is CCCCc1nc(O)c(C(=O)N2CC[C@@H](c3ccccc3)C2)c(=O)n1[C@@H](C)c1ccc(F)cc1. The third-order valence-corrected chi connectivity index (χ3v) is 6.62. The Morgan fingerprint density at radius 1 is 1.18 bits per heavy atom. The minimum absolute atomic E-state index is 0.185. The number of benzene rings is 2. The smallest absolute Gasteiger partial charge is 0.270 e. The van der Waals surface area contributed by atoms with Gasteiger partial charge in [0.15, 0.2) is 5.56 Å². The van der Waals surface area contributed by atoms with Crippen molar-refractivity contribution in [1.29, 1.82) is 0 Å². The number of carbonyl (C=O) groups is 1. The molecule has 0 saturated carbocycles. The summed E-state index contributed by atoms with van der Waals surface area (Å²) in [6.07, 6.45) is 2.94. The number of carbonyl (C=O) groups excluding carboxylic acids is 1. The number of aryl methyl sites for hydroxylation is 1. The van der Waals surface area contributed by atoms with Crippen molar-refractivity contribution in [2.75, 3.05) is 13.1 Å². The Balaban J connectivity index is 1.70. The summed E-state index contributed by atoms with van der Waals surface area (Å²) in [5.74, 6) is -0.788. The van der Waals surface area contributed by atoms with Crippen molar-refractivity contribution in [3.63, 3.8) is 0 Å². The molecule has 2 atom stereocenters. The van der Waals surface area contributed by atoms with Crippen LogP contribution in [0.25, 0.3) is 0 Å². The normalized spacial score (nSPS) is 16.6. The highest BCUT2D eigenvalue weighted by molar-refractivity contribution is 5.96. The van der Waals surface area contributed by atoms with E-state index in [-0.39, 0.29) is 17.3 Å². The first-order chi connectivity index (χ1) is 16.4. The van der Waals surface area contributed by atoms with E-state index < -0.39 is 23.4 Å². The van der Waals surface area contributed by atoms with Crippen molar-refractivity contribution < 1.29 is 14.3 Å². The fourth-order valence-electron chi connectivity index (χ4n) is 4.65. The predicted molar refractivity (Wildman–Crippen MR) is 129 cm³/mol. The van der Waals surface area contributed by atoms with Gasteiger partial charge in [-0.3, -0.25) is 14.2 Å². The van der Waals surface area contributed by atoms with E-state index >= 15 is 0 Å². The number of nitrogens with zero attached hydrogens (tertiary/aromatic N) is 3. The van der Waals surface area contributed by atoms with Crippen LogP contribution in [0.1, 0.15) is 72.4 Å². The first-order valence-electron chi connectivity index (χ1n) is 11.8. The molecule has 178 valence electrons. The summed E-state index contributed by atoms with van der Waals surface area (Å²) in [6.45, 7) is 4.83. The van der Waals surface area contributed by atoms with E-state index in [2.05, 4.69) is 4.98 Å². The average Bonchev–Trinajstić information content (AvgIpc) is 3.33. The zero-order valence-corrected chi connectivity index (χ0v) is 19.6. The first kappa shape index (κ1) is 23.7. The minimum Gasteiger partial charge on any atom is -0.493 e. The molecule has 6 nitrogen and oxygen atoms in total. The molecule has 7 heteroatoms. The molecule has 4 rings (SSSR count). The Hall–Kier alpha value is -3.48. The van der Waals surface area contributed by atoms with Crippen LogP contribution in [0.15, 0.2) is 59.4 Å². The van der Waals surface area contributed by atoms with Gasteiger partial charge < -0.3 is 10.0 Å². The molecule has 0 spiro atoms. The van der Waals surface area contributed by atoms with Crippen LogP contribution in [-0.4, -0.2) is 38.6 Å². The Bertz CT molecular complexity index is 1210. The molecule has 2 aromatic carbocycles. The van der Waals surface area contributed by atoms with Crippen LogP contribution in [0.2, 0.25) is 0 Å². The van der Waals surface area contributed by atoms with Crippen LogP contribution < -0.4 is 5.56 Å². The third kappa shape index (κ3) is 4.74. The van der Waals surface area contributed by atoms with Crippen LogP contribution in [0.3, 0.4) is 0 Å². The highest BCUT2D eigenvalue weighted by Gasteiger charge is 2.33. The van der Waals surface area contributed by atoms with E-state index in [4.69, 9.17) is 0 Å². The van der Waals surface area contributed by atoms with Gasteiger partial charge in [-0.15, -0.1) is 0 Å². The number of hydrogen-bond donors (Lipinski definition) is 1. The molecule has 1 saturated heterocycles. The maximum atomic E-state index is 13.6. The molecule has 1 aliphatic heterocycles. The Labute approximate surface area is 198 Å². The van der Waals surface area contributed by atoms with E-state index in [9.17, 15) is 19.1 Å². The summed E-state index contributed by atoms with van der Waals surface area (Å²) in [5, 5.41) is 10.7. The van der Waals surface area contributed by atoms with Crippen LogP contribution in [0.5, 0.6) is 5.88 Å². The molecule has 0 unspecified atom stereocenters. The fourth-order valence-corrected chi connectivity index (χ4v) is 4.65. The lowest BCUT2D eigenvalue weighted by atomic mass is 9.99. The van der Waals surface area contributed by atoms with Gasteiger partial charge in [0.2, 0.25) is 5.88 Å². The molecule has 1 aliphatic rings. The lowest BCUT2D eigenvalue weighted by Gasteiger charge is -2.22. The molecule has 1 amide bonds. The Morgan fingerprint density at radius 3 is 2.56 bits per heavy atom. The maximum absolute atomic E-state index is 13.6. The molecule has 2 heterocycles. The van der Waals surface area contributed by atoms with E-state index in [1.165, 1.54) is 16.7 Å². The summed E-state index contributed by atoms with van der Waals surface area (Å²) >= 11 is 0. The number of aromatic hydroxyl groups is 1. The molecular weight excluding hydrogens is 433 g/mol. The third-order valence-electron chi connectivity index (χ3n) is 6.62. The van der Waals surface area contributed by atoms with Crippen LogP contribution >= 0.6 is 0 Å². The van der Waals surface area contributed by atoms with Gasteiger partial charge in [-0.25, -0.2) is 4.39 Å². The molecule has 34 heavy (non-hydrogen) atoms. The monoisotopic (exact) mass is 463 g/mol. The van der Waals surface area contributed by atoms with Gasteiger partial charge in [0, 0.05) is 25.4 Å². The van der Waals surface area contributed by atoms with Crippen molar-refractivity contribution >= 4 is 5.91 Å². The molecule has 1 N–H and O–H groups in total. The number of aromatic nitrogens is 2. The summed E-state index contributed by atoms with van der Waals surface area (Å²) in [7, 11) is 0. The van der Waals surface area contributed by atoms with E-state index in [1.54, 1.807) is 17.0 Å². The zero-order valence-electron chi connectivity index (χ0n) is 19.6. The van der Waals surface area contributed by atoms with Gasteiger partial charge >= 0.3 is 0 Å². The quantitative estimate of drug-likeness (QED) is 0.553. The van der Waals surface area contributed by atoms with Crippen molar-refractivity contribution in [1.82, 2.24) is 14.5 Å². The fraction of sp³-hybridized carbons (Fsp3) is 0.370. The van der Waals surface area contributed by atoms with Crippen molar-refractivity contribution in [2.45, 2.75) is 51.5 Å². The second-order valence-corrected chi connectivity index (χ2v) is 8.88. The molecule has 1 aromatic heterocycles. The lowest BCUT2D eigenvalue weighted by Crippen LogP contribution is -2.38. The summed E-state index contributed by atoms with van der Waals surface area (Å²) in [5.41, 5.74) is 1.00. The summed E-state index contributed by atoms with van der Waals surface area (Å²) in [6, 6.07) is 15.4. The van der Waals surface area contributed by atoms with Gasteiger partial charge in [-0.1, -0.05) is 55.8 Å². The van der Waals surface area contributed by atoms with Gasteiger partial charge in [0.25, 0.3) is 11.5 Å². The second kappa shape index (κ2) is 10.2. The van der Waals surface area contributed by atoms with Crippen LogP contribution in [0, 0.1) is 5.82 Å². The van der Waals surface area contributed by atoms with E-state index in [0.29, 0.717) is 25.3 Å². The number of rotatable bonds is 7. The molecule has 1 fully saturated rings. The highest BCUT2D eigenvalue weighted by Crippen LogP contribution is 2.29. The maximum Gasteiger partial charge on any atom is 0.270 e. The number of halogens is 1. The minimum atomic E-state index is -0.566. The highest BCUT2D eigenvalue weighted by atomic mass is 19.1. The molecular formula is C27H30FN3O3. The second-order valence-electron chi connectivity index (χ2n) is 8.88. The van der Waals surface area contributed by atoms with Crippen molar-refractivity contribution in [2.24, 2.45) is 0 Å². The largest absolute Gasteiger partial charge is 0.493 e. The first-order valence-corrected chi connectivity index (χ1v) is 11.8. The van der Waals surface area contributed by atoms with Crippen molar-refractivity contribution in [3.8, 4) is 5.88 Å². The average molecular weight is 464 g/mol.